The second-order valence-corrected chi connectivity index (χ2v) is 16.9. The van der Waals surface area contributed by atoms with Gasteiger partial charge in [0.25, 0.3) is 23.6 Å². The third-order valence-corrected chi connectivity index (χ3v) is 11.3. The van der Waals surface area contributed by atoms with E-state index >= 15 is 0 Å². The Balaban J connectivity index is 1.27. The standard InChI is InChI=1S/C48H45Cl5N8O8/c1-26(62)43(60-58-39-24-31(5-10-36(39)52)45(64)54-34-8-13-41(68-3)29(22-34)16-19-50)47(66)56-33-7-12-38(28(21-33)15-18-49)57-48(67)44(27(2)63)61-59-40-25-32(6-11-37(40)53)46(65)55-35-9-14-42(69-4)30(23-35)17-20-51/h5-14,21-25,43-44H,15-20H2,1-4H3,(H,54,64)(H,55,65)(H,56,66)(H,57,67). The van der Waals surface area contributed by atoms with Crippen molar-refractivity contribution in [2.24, 2.45) is 20.5 Å². The minimum absolute atomic E-state index is 0.0226. The Morgan fingerprint density at radius 3 is 1.32 bits per heavy atom. The Labute approximate surface area is 422 Å². The Morgan fingerprint density at radius 1 is 0.507 bits per heavy atom. The van der Waals surface area contributed by atoms with Crippen molar-refractivity contribution < 1.29 is 38.2 Å². The van der Waals surface area contributed by atoms with E-state index in [4.69, 9.17) is 67.5 Å². The number of hydrogen-bond donors (Lipinski definition) is 4. The second-order valence-electron chi connectivity index (χ2n) is 14.9. The molecule has 0 aromatic heterocycles. The van der Waals surface area contributed by atoms with Crippen molar-refractivity contribution in [1.82, 2.24) is 0 Å². The molecule has 360 valence electrons. The Kier molecular flexibility index (Phi) is 20.0. The number of hydrogen-bond acceptors (Lipinski definition) is 12. The van der Waals surface area contributed by atoms with Gasteiger partial charge in [-0.3, -0.25) is 28.8 Å². The second kappa shape index (κ2) is 25.8. The number of azo groups is 2. The molecule has 0 aliphatic rings. The van der Waals surface area contributed by atoms with E-state index in [1.54, 1.807) is 36.4 Å². The van der Waals surface area contributed by atoms with E-state index in [2.05, 4.69) is 41.7 Å². The molecule has 0 bridgehead atoms. The maximum absolute atomic E-state index is 13.5. The van der Waals surface area contributed by atoms with E-state index in [1.807, 2.05) is 0 Å². The number of carbonyl (C=O) groups is 6. The number of anilines is 4. The first kappa shape index (κ1) is 53.5. The average Bonchev–Trinajstić information content (AvgIpc) is 3.31. The molecule has 2 atom stereocenters. The van der Waals surface area contributed by atoms with Gasteiger partial charge in [0.2, 0.25) is 12.1 Å². The van der Waals surface area contributed by atoms with Gasteiger partial charge in [-0.05, 0) is 141 Å². The van der Waals surface area contributed by atoms with Crippen LogP contribution in [0.3, 0.4) is 0 Å². The number of Topliss-reactive ketones (excluding diaryl/α,β-unsaturated/α-hetero) is 2. The molecule has 0 saturated carbocycles. The van der Waals surface area contributed by atoms with Crippen molar-refractivity contribution in [2.75, 3.05) is 53.1 Å². The van der Waals surface area contributed by atoms with Gasteiger partial charge in [0.1, 0.15) is 22.9 Å². The van der Waals surface area contributed by atoms with Crippen LogP contribution in [0.1, 0.15) is 51.3 Å². The molecule has 5 aromatic carbocycles. The molecular weight excluding hydrogens is 994 g/mol. The number of ether oxygens (including phenoxy) is 2. The third kappa shape index (κ3) is 14.8. The van der Waals surface area contributed by atoms with Crippen molar-refractivity contribution in [2.45, 2.75) is 45.2 Å². The van der Waals surface area contributed by atoms with E-state index < -0.39 is 47.3 Å². The van der Waals surface area contributed by atoms with Gasteiger partial charge in [0, 0.05) is 51.5 Å². The summed E-state index contributed by atoms with van der Waals surface area (Å²) in [5.41, 5.74) is 3.91. The fraction of sp³-hybridized carbons (Fsp3) is 0.250. The summed E-state index contributed by atoms with van der Waals surface area (Å²) >= 11 is 30.7. The van der Waals surface area contributed by atoms with Crippen LogP contribution in [0.25, 0.3) is 0 Å². The first-order chi connectivity index (χ1) is 33.1. The van der Waals surface area contributed by atoms with Gasteiger partial charge in [-0.2, -0.15) is 20.5 Å². The number of amides is 4. The summed E-state index contributed by atoms with van der Waals surface area (Å²) in [7, 11) is 3.08. The Hall–Kier alpha value is -6.43. The fourth-order valence-corrected chi connectivity index (χ4v) is 7.49. The first-order valence-corrected chi connectivity index (χ1v) is 23.3. The largest absolute Gasteiger partial charge is 0.496 e. The molecule has 4 amide bonds. The predicted octanol–water partition coefficient (Wildman–Crippen LogP) is 11.2. The molecule has 2 unspecified atom stereocenters. The Morgan fingerprint density at radius 2 is 0.899 bits per heavy atom. The number of nitrogens with one attached hydrogen (secondary N) is 4. The lowest BCUT2D eigenvalue weighted by molar-refractivity contribution is -0.127. The lowest BCUT2D eigenvalue weighted by Gasteiger charge is -2.15. The van der Waals surface area contributed by atoms with Gasteiger partial charge < -0.3 is 30.7 Å². The number of rotatable bonds is 22. The maximum Gasteiger partial charge on any atom is 0.258 e. The number of aryl methyl sites for hydroxylation is 3. The van der Waals surface area contributed by atoms with E-state index in [0.717, 1.165) is 25.0 Å². The molecule has 0 aliphatic heterocycles. The van der Waals surface area contributed by atoms with E-state index in [9.17, 15) is 28.8 Å². The molecule has 5 aromatic rings. The van der Waals surface area contributed by atoms with Gasteiger partial charge >= 0.3 is 0 Å². The molecule has 0 spiro atoms. The van der Waals surface area contributed by atoms with Crippen molar-refractivity contribution in [1.29, 1.82) is 0 Å². The molecule has 0 fully saturated rings. The van der Waals surface area contributed by atoms with Crippen LogP contribution in [0.2, 0.25) is 10.0 Å². The highest BCUT2D eigenvalue weighted by Crippen LogP contribution is 2.31. The topological polar surface area (TPSA) is 218 Å². The number of benzene rings is 5. The van der Waals surface area contributed by atoms with E-state index in [0.29, 0.717) is 53.0 Å². The summed E-state index contributed by atoms with van der Waals surface area (Å²) in [6.45, 7) is 2.32. The Bertz CT molecular complexity index is 2810. The number of ketones is 2. The molecule has 69 heavy (non-hydrogen) atoms. The normalized spacial score (nSPS) is 12.0. The summed E-state index contributed by atoms with van der Waals surface area (Å²) in [6.07, 6.45) is 1.24. The monoisotopic (exact) mass is 1040 g/mol. The molecule has 0 heterocycles. The van der Waals surface area contributed by atoms with Crippen LogP contribution in [0.4, 0.5) is 34.1 Å². The van der Waals surface area contributed by atoms with Crippen molar-refractivity contribution in [3.8, 4) is 11.5 Å². The van der Waals surface area contributed by atoms with Gasteiger partial charge in [-0.15, -0.1) is 34.8 Å². The minimum atomic E-state index is -1.63. The van der Waals surface area contributed by atoms with Crippen molar-refractivity contribution in [3.05, 3.63) is 129 Å². The van der Waals surface area contributed by atoms with Crippen LogP contribution in [0.15, 0.2) is 111 Å². The molecule has 0 radical (unpaired) electrons. The summed E-state index contributed by atoms with van der Waals surface area (Å²) in [4.78, 5) is 78.9. The quantitative estimate of drug-likeness (QED) is 0.0296. The number of halogens is 5. The predicted molar refractivity (Wildman–Crippen MR) is 270 cm³/mol. The summed E-state index contributed by atoms with van der Waals surface area (Å²) in [6, 6.07) is 20.0. The van der Waals surface area contributed by atoms with E-state index in [1.165, 1.54) is 68.8 Å². The molecule has 16 nitrogen and oxygen atoms in total. The maximum atomic E-state index is 13.5. The van der Waals surface area contributed by atoms with Gasteiger partial charge in [-0.25, -0.2) is 0 Å². The van der Waals surface area contributed by atoms with Crippen LogP contribution >= 0.6 is 58.0 Å². The molecule has 4 N–H and O–H groups in total. The lowest BCUT2D eigenvalue weighted by atomic mass is 10.1. The van der Waals surface area contributed by atoms with Gasteiger partial charge in [-0.1, -0.05) is 23.2 Å². The smallest absolute Gasteiger partial charge is 0.258 e. The summed E-state index contributed by atoms with van der Waals surface area (Å²) in [5, 5.41) is 27.2. The number of nitrogens with zero attached hydrogens (tertiary/aromatic N) is 4. The molecular formula is C48H45Cl5N8O8. The van der Waals surface area contributed by atoms with Crippen LogP contribution in [-0.2, 0) is 38.4 Å². The SMILES string of the molecule is COc1ccc(NC(=O)c2ccc(Cl)c(N=NC(C(C)=O)C(=O)Nc3ccc(NC(=O)C(N=Nc4cc(C(=O)Nc5ccc(OC)c(CCCl)c5)ccc4Cl)C(C)=O)c(CCCl)c3)c2)cc1CCCl. The van der Waals surface area contributed by atoms with Crippen molar-refractivity contribution in [3.63, 3.8) is 0 Å². The number of carbonyl (C=O) groups excluding carboxylic acids is 6. The highest BCUT2D eigenvalue weighted by molar-refractivity contribution is 6.33. The molecule has 21 heteroatoms. The minimum Gasteiger partial charge on any atom is -0.496 e. The van der Waals surface area contributed by atoms with Crippen LogP contribution in [-0.4, -0.2) is 79.1 Å². The number of methoxy groups -OCH3 is 2. The highest BCUT2D eigenvalue weighted by atomic mass is 35.5. The lowest BCUT2D eigenvalue weighted by Crippen LogP contribution is -2.32. The van der Waals surface area contributed by atoms with Crippen LogP contribution < -0.4 is 30.7 Å². The molecule has 5 rings (SSSR count). The van der Waals surface area contributed by atoms with Gasteiger partial charge in [0.05, 0.1) is 24.3 Å². The van der Waals surface area contributed by atoms with E-state index in [-0.39, 0.29) is 56.2 Å². The molecule has 0 aliphatic carbocycles. The summed E-state index contributed by atoms with van der Waals surface area (Å²) in [5.74, 6) is -1.90. The first-order valence-electron chi connectivity index (χ1n) is 20.9. The zero-order chi connectivity index (χ0) is 50.2. The fourth-order valence-electron chi connectivity index (χ4n) is 6.56. The highest BCUT2D eigenvalue weighted by Gasteiger charge is 2.26. The molecule has 0 saturated heterocycles. The zero-order valence-electron chi connectivity index (χ0n) is 37.5. The van der Waals surface area contributed by atoms with Gasteiger partial charge in [0.15, 0.2) is 11.6 Å². The average molecular weight is 1040 g/mol. The number of alkyl halides is 3. The van der Waals surface area contributed by atoms with Crippen LogP contribution in [0.5, 0.6) is 11.5 Å². The zero-order valence-corrected chi connectivity index (χ0v) is 41.3. The van der Waals surface area contributed by atoms with Crippen LogP contribution in [0, 0.1) is 0 Å². The van der Waals surface area contributed by atoms with Crippen molar-refractivity contribution >= 4 is 127 Å². The summed E-state index contributed by atoms with van der Waals surface area (Å²) < 4.78 is 10.7. The third-order valence-electron chi connectivity index (χ3n) is 10.0.